The van der Waals surface area contributed by atoms with E-state index in [-0.39, 0.29) is 19.4 Å². The standard InChI is InChI=1S/C33H66O13P2/c1-28(2)20-16-12-8-5-6-10-15-19-23-33(36)46-31(27-45-48(40,41)44-25-30(34)24-43-47(37,38)39)26-42-32(35)22-18-14-11-7-9-13-17-21-29(3)4/h28-31,34H,5-27H2,1-4H3,(H,40,41)(H2,37,38,39)/t30-,31+/m0/s1. The van der Waals surface area contributed by atoms with E-state index in [1.165, 1.54) is 57.8 Å². The predicted octanol–water partition coefficient (Wildman–Crippen LogP) is 7.77. The fourth-order valence-electron chi connectivity index (χ4n) is 4.83. The molecule has 0 aromatic heterocycles. The zero-order valence-corrected chi connectivity index (χ0v) is 31.7. The van der Waals surface area contributed by atoms with Crippen molar-refractivity contribution in [3.05, 3.63) is 0 Å². The molecule has 1 unspecified atom stereocenters. The van der Waals surface area contributed by atoms with Gasteiger partial charge in [0.15, 0.2) is 6.10 Å². The van der Waals surface area contributed by atoms with Crippen molar-refractivity contribution < 1.29 is 61.6 Å². The summed E-state index contributed by atoms with van der Waals surface area (Å²) in [6, 6.07) is 0. The van der Waals surface area contributed by atoms with E-state index in [0.29, 0.717) is 12.8 Å². The van der Waals surface area contributed by atoms with Crippen molar-refractivity contribution in [1.82, 2.24) is 0 Å². The van der Waals surface area contributed by atoms with Gasteiger partial charge in [-0.1, -0.05) is 124 Å². The minimum atomic E-state index is -4.85. The van der Waals surface area contributed by atoms with Gasteiger partial charge in [0.2, 0.25) is 0 Å². The maximum absolute atomic E-state index is 12.5. The summed E-state index contributed by atoms with van der Waals surface area (Å²) in [5.41, 5.74) is 0. The van der Waals surface area contributed by atoms with Gasteiger partial charge in [0.1, 0.15) is 12.7 Å². The third-order valence-electron chi connectivity index (χ3n) is 7.59. The lowest BCUT2D eigenvalue weighted by atomic mass is 10.0. The van der Waals surface area contributed by atoms with E-state index in [1.54, 1.807) is 0 Å². The highest BCUT2D eigenvalue weighted by molar-refractivity contribution is 7.47. The number of aliphatic hydroxyl groups excluding tert-OH is 1. The number of rotatable bonds is 33. The molecule has 0 heterocycles. The number of hydrogen-bond acceptors (Lipinski definition) is 10. The quantitative estimate of drug-likeness (QED) is 0.0290. The molecule has 15 heteroatoms. The summed E-state index contributed by atoms with van der Waals surface area (Å²) in [6.07, 6.45) is 15.9. The van der Waals surface area contributed by atoms with Gasteiger partial charge in [-0.05, 0) is 24.7 Å². The summed E-state index contributed by atoms with van der Waals surface area (Å²) >= 11 is 0. The molecule has 0 amide bonds. The highest BCUT2D eigenvalue weighted by Gasteiger charge is 2.28. The fourth-order valence-corrected chi connectivity index (χ4v) is 5.99. The topological polar surface area (TPSA) is 195 Å². The largest absolute Gasteiger partial charge is 0.472 e. The number of carbonyl (C=O) groups is 2. The van der Waals surface area contributed by atoms with E-state index in [9.17, 15) is 28.7 Å². The molecule has 0 spiro atoms. The number of hydrogen-bond donors (Lipinski definition) is 4. The Morgan fingerprint density at radius 2 is 0.938 bits per heavy atom. The molecule has 0 aliphatic carbocycles. The Balaban J connectivity index is 4.62. The minimum absolute atomic E-state index is 0.134. The van der Waals surface area contributed by atoms with Gasteiger partial charge in [-0.25, -0.2) is 9.13 Å². The van der Waals surface area contributed by atoms with Crippen LogP contribution in [-0.4, -0.2) is 70.4 Å². The molecular formula is C33H66O13P2. The maximum atomic E-state index is 12.5. The summed E-state index contributed by atoms with van der Waals surface area (Å²) in [5.74, 6) is 0.433. The fraction of sp³-hybridized carbons (Fsp3) is 0.939. The monoisotopic (exact) mass is 732 g/mol. The molecule has 0 saturated heterocycles. The van der Waals surface area contributed by atoms with Gasteiger partial charge in [0.25, 0.3) is 0 Å². The maximum Gasteiger partial charge on any atom is 0.472 e. The zero-order chi connectivity index (χ0) is 36.3. The first-order valence-electron chi connectivity index (χ1n) is 17.9. The molecule has 48 heavy (non-hydrogen) atoms. The number of phosphoric ester groups is 2. The molecule has 0 rings (SSSR count). The second-order valence-electron chi connectivity index (χ2n) is 13.5. The van der Waals surface area contributed by atoms with Crippen LogP contribution in [0.2, 0.25) is 0 Å². The van der Waals surface area contributed by atoms with Gasteiger partial charge in [-0.15, -0.1) is 0 Å². The number of ether oxygens (including phenoxy) is 2. The van der Waals surface area contributed by atoms with E-state index in [2.05, 4.69) is 36.7 Å². The predicted molar refractivity (Wildman–Crippen MR) is 184 cm³/mol. The van der Waals surface area contributed by atoms with E-state index < -0.39 is 59.6 Å². The van der Waals surface area contributed by atoms with E-state index in [4.69, 9.17) is 23.8 Å². The Hall–Kier alpha value is -0.880. The average Bonchev–Trinajstić information content (AvgIpc) is 2.99. The molecule has 3 atom stereocenters. The zero-order valence-electron chi connectivity index (χ0n) is 29.9. The minimum Gasteiger partial charge on any atom is -0.462 e. The van der Waals surface area contributed by atoms with Crippen molar-refractivity contribution in [1.29, 1.82) is 0 Å². The van der Waals surface area contributed by atoms with Crippen LogP contribution in [0, 0.1) is 11.8 Å². The van der Waals surface area contributed by atoms with Crippen LogP contribution in [-0.2, 0) is 41.8 Å². The van der Waals surface area contributed by atoms with Crippen LogP contribution in [0.5, 0.6) is 0 Å². The van der Waals surface area contributed by atoms with Gasteiger partial charge in [-0.2, -0.15) is 0 Å². The van der Waals surface area contributed by atoms with E-state index in [1.807, 2.05) is 0 Å². The number of aliphatic hydroxyl groups is 1. The summed E-state index contributed by atoms with van der Waals surface area (Å²) in [7, 11) is -9.64. The molecule has 286 valence electrons. The van der Waals surface area contributed by atoms with Crippen LogP contribution in [0.4, 0.5) is 0 Å². The summed E-state index contributed by atoms with van der Waals surface area (Å²) in [5, 5.41) is 9.68. The Bertz CT molecular complexity index is 910. The summed E-state index contributed by atoms with van der Waals surface area (Å²) < 4.78 is 47.4. The number of carbonyl (C=O) groups excluding carboxylic acids is 2. The van der Waals surface area contributed by atoms with Gasteiger partial charge >= 0.3 is 27.6 Å². The highest BCUT2D eigenvalue weighted by atomic mass is 31.2. The number of phosphoric acid groups is 2. The number of esters is 2. The Labute approximate surface area is 289 Å². The van der Waals surface area contributed by atoms with Crippen molar-refractivity contribution in [3.63, 3.8) is 0 Å². The molecule has 4 N–H and O–H groups in total. The first-order chi connectivity index (χ1) is 22.6. The smallest absolute Gasteiger partial charge is 0.462 e. The second kappa shape index (κ2) is 28.8. The van der Waals surface area contributed by atoms with Crippen molar-refractivity contribution >= 4 is 27.6 Å². The lowest BCUT2D eigenvalue weighted by Crippen LogP contribution is -2.30. The molecule has 0 fully saturated rings. The van der Waals surface area contributed by atoms with E-state index >= 15 is 0 Å². The van der Waals surface area contributed by atoms with Crippen LogP contribution in [0.3, 0.4) is 0 Å². The van der Waals surface area contributed by atoms with Crippen LogP contribution < -0.4 is 0 Å². The van der Waals surface area contributed by atoms with Crippen LogP contribution in [0.15, 0.2) is 0 Å². The molecule has 0 aliphatic heterocycles. The van der Waals surface area contributed by atoms with Gasteiger partial charge in [0.05, 0.1) is 19.8 Å². The van der Waals surface area contributed by atoms with Crippen molar-refractivity contribution in [3.8, 4) is 0 Å². The average molecular weight is 733 g/mol. The Morgan fingerprint density at radius 1 is 0.542 bits per heavy atom. The molecule has 0 aromatic carbocycles. The molecule has 13 nitrogen and oxygen atoms in total. The van der Waals surface area contributed by atoms with Crippen molar-refractivity contribution in [2.75, 3.05) is 26.4 Å². The third kappa shape index (κ3) is 33.6. The summed E-state index contributed by atoms with van der Waals surface area (Å²) in [6.45, 7) is 6.23. The molecule has 0 bridgehead atoms. The molecule has 0 aromatic rings. The van der Waals surface area contributed by atoms with Gasteiger partial charge in [0, 0.05) is 12.8 Å². The van der Waals surface area contributed by atoms with Gasteiger partial charge < -0.3 is 29.3 Å². The molecular weight excluding hydrogens is 666 g/mol. The lowest BCUT2D eigenvalue weighted by molar-refractivity contribution is -0.161. The Kier molecular flexibility index (Phi) is 28.2. The highest BCUT2D eigenvalue weighted by Crippen LogP contribution is 2.43. The van der Waals surface area contributed by atoms with Crippen molar-refractivity contribution in [2.24, 2.45) is 11.8 Å². The molecule has 0 saturated carbocycles. The first-order valence-corrected chi connectivity index (χ1v) is 21.0. The van der Waals surface area contributed by atoms with Crippen LogP contribution >= 0.6 is 15.6 Å². The normalized spacial score (nSPS) is 14.6. The molecule has 0 aliphatic rings. The van der Waals surface area contributed by atoms with Gasteiger partial charge in [-0.3, -0.25) is 23.2 Å². The SMILES string of the molecule is CC(C)CCCCCCCCCCC(=O)O[C@H](COC(=O)CCCCCCCCCC(C)C)COP(=O)(O)OC[C@@H](O)COP(=O)(O)O. The second-order valence-corrected chi connectivity index (χ2v) is 16.2. The van der Waals surface area contributed by atoms with E-state index in [0.717, 1.165) is 50.4 Å². The van der Waals surface area contributed by atoms with Crippen molar-refractivity contribution in [2.45, 2.75) is 162 Å². The lowest BCUT2D eigenvalue weighted by Gasteiger charge is -2.20. The summed E-state index contributed by atoms with van der Waals surface area (Å²) in [4.78, 5) is 52.2. The Morgan fingerprint density at radius 3 is 1.40 bits per heavy atom. The van der Waals surface area contributed by atoms with Crippen LogP contribution in [0.25, 0.3) is 0 Å². The molecule has 0 radical (unpaired) electrons. The first kappa shape index (κ1) is 47.1. The third-order valence-corrected chi connectivity index (χ3v) is 9.03. The number of unbranched alkanes of at least 4 members (excludes halogenated alkanes) is 13. The van der Waals surface area contributed by atoms with Crippen LogP contribution in [0.1, 0.15) is 150 Å².